The van der Waals surface area contributed by atoms with E-state index in [0.717, 1.165) is 43.6 Å². The highest BCUT2D eigenvalue weighted by molar-refractivity contribution is 4.89. The number of ether oxygens (including phenoxy) is 1. The quantitative estimate of drug-likeness (QED) is 0.609. The Balaban J connectivity index is 1.61. The summed E-state index contributed by atoms with van der Waals surface area (Å²) in [5.74, 6) is 2.95. The molecule has 0 radical (unpaired) electrons. The van der Waals surface area contributed by atoms with Crippen LogP contribution in [0.1, 0.15) is 71.1 Å². The van der Waals surface area contributed by atoms with Crippen molar-refractivity contribution >= 4 is 0 Å². The molecule has 2 fully saturated rings. The largest absolute Gasteiger partial charge is 0.501 e. The lowest BCUT2D eigenvalue weighted by atomic mass is 9.69. The topological polar surface area (TPSA) is 33.0 Å². The van der Waals surface area contributed by atoms with Crippen LogP contribution in [-0.4, -0.2) is 6.61 Å². The number of nitrogens with zero attached hydrogens (tertiary/aromatic N) is 1. The van der Waals surface area contributed by atoms with Gasteiger partial charge in [0.2, 0.25) is 0 Å². The molecule has 0 spiro atoms. The fourth-order valence-corrected chi connectivity index (χ4v) is 4.04. The molecule has 0 saturated heterocycles. The highest BCUT2D eigenvalue weighted by Crippen LogP contribution is 2.41. The van der Waals surface area contributed by atoms with Crippen molar-refractivity contribution in [1.82, 2.24) is 0 Å². The van der Waals surface area contributed by atoms with Crippen LogP contribution in [0.25, 0.3) is 0 Å². The maximum absolute atomic E-state index is 8.99. The minimum absolute atomic E-state index is 0.348. The molecule has 2 saturated carbocycles. The fourth-order valence-electron chi connectivity index (χ4n) is 4.04. The van der Waals surface area contributed by atoms with E-state index in [9.17, 15) is 0 Å². The number of hydrogen-bond donors (Lipinski definition) is 0. The van der Waals surface area contributed by atoms with Gasteiger partial charge in [-0.2, -0.15) is 5.26 Å². The molecule has 2 rings (SSSR count). The Kier molecular flexibility index (Phi) is 7.13. The average Bonchev–Trinajstić information content (AvgIpc) is 2.55. The summed E-state index contributed by atoms with van der Waals surface area (Å²) < 4.78 is 5.67. The Morgan fingerprint density at radius 3 is 2.19 bits per heavy atom. The molecule has 0 heterocycles. The minimum atomic E-state index is 0.348. The summed E-state index contributed by atoms with van der Waals surface area (Å²) in [6.07, 6.45) is 16.7. The maximum atomic E-state index is 8.99. The van der Waals surface area contributed by atoms with Crippen LogP contribution in [0.2, 0.25) is 0 Å². The molecule has 2 aliphatic rings. The first-order valence-corrected chi connectivity index (χ1v) is 8.99. The van der Waals surface area contributed by atoms with Gasteiger partial charge in [0.1, 0.15) is 0 Å². The molecule has 2 nitrogen and oxygen atoms in total. The monoisotopic (exact) mass is 289 g/mol. The second-order valence-electron chi connectivity index (χ2n) is 7.02. The Hall–Kier alpha value is -0.970. The van der Waals surface area contributed by atoms with E-state index in [4.69, 9.17) is 10.00 Å². The van der Waals surface area contributed by atoms with Crippen molar-refractivity contribution in [3.8, 4) is 6.07 Å². The van der Waals surface area contributed by atoms with Crippen molar-refractivity contribution in [3.63, 3.8) is 0 Å². The first-order chi connectivity index (χ1) is 10.3. The smallest absolute Gasteiger partial charge is 0.0901 e. The Morgan fingerprint density at radius 1 is 1.00 bits per heavy atom. The Morgan fingerprint density at radius 2 is 1.62 bits per heavy atom. The predicted octanol–water partition coefficient (Wildman–Crippen LogP) is 5.45. The molecule has 0 atom stereocenters. The van der Waals surface area contributed by atoms with Crippen LogP contribution in [0.4, 0.5) is 0 Å². The van der Waals surface area contributed by atoms with Gasteiger partial charge >= 0.3 is 0 Å². The van der Waals surface area contributed by atoms with Crippen LogP contribution in [-0.2, 0) is 4.74 Å². The summed E-state index contributed by atoms with van der Waals surface area (Å²) in [4.78, 5) is 0. The van der Waals surface area contributed by atoms with Gasteiger partial charge in [-0.1, -0.05) is 13.3 Å². The van der Waals surface area contributed by atoms with Crippen molar-refractivity contribution in [3.05, 3.63) is 12.3 Å². The first-order valence-electron chi connectivity index (χ1n) is 8.99. The molecule has 118 valence electrons. The number of allylic oxidation sites excluding steroid dienone is 1. The highest BCUT2D eigenvalue weighted by atomic mass is 16.5. The molecule has 0 aromatic rings. The molecule has 0 bridgehead atoms. The summed E-state index contributed by atoms with van der Waals surface area (Å²) in [5.41, 5.74) is 0. The first kappa shape index (κ1) is 16.4. The lowest BCUT2D eigenvalue weighted by Gasteiger charge is -2.36. The maximum Gasteiger partial charge on any atom is 0.0901 e. The third-order valence-corrected chi connectivity index (χ3v) is 5.49. The van der Waals surface area contributed by atoms with Crippen LogP contribution in [0, 0.1) is 35.0 Å². The van der Waals surface area contributed by atoms with Gasteiger partial charge in [0.25, 0.3) is 0 Å². The van der Waals surface area contributed by atoms with Crippen LogP contribution in [0.3, 0.4) is 0 Å². The molecule has 0 N–H and O–H groups in total. The van der Waals surface area contributed by atoms with Crippen molar-refractivity contribution in [2.75, 3.05) is 6.61 Å². The van der Waals surface area contributed by atoms with Gasteiger partial charge in [-0.05, 0) is 81.6 Å². The van der Waals surface area contributed by atoms with Crippen LogP contribution >= 0.6 is 0 Å². The van der Waals surface area contributed by atoms with Gasteiger partial charge < -0.3 is 4.74 Å². The van der Waals surface area contributed by atoms with Gasteiger partial charge in [0, 0.05) is 5.92 Å². The number of unbranched alkanes of at least 4 members (excludes halogenated alkanes) is 1. The average molecular weight is 289 g/mol. The lowest BCUT2D eigenvalue weighted by Crippen LogP contribution is -2.26. The van der Waals surface area contributed by atoms with Crippen LogP contribution < -0.4 is 0 Å². The van der Waals surface area contributed by atoms with E-state index >= 15 is 0 Å². The van der Waals surface area contributed by atoms with E-state index in [0.29, 0.717) is 5.92 Å². The van der Waals surface area contributed by atoms with E-state index in [1.54, 1.807) is 0 Å². The molecule has 2 heteroatoms. The Labute approximate surface area is 130 Å². The van der Waals surface area contributed by atoms with Gasteiger partial charge in [-0.3, -0.25) is 0 Å². The van der Waals surface area contributed by atoms with E-state index in [1.165, 1.54) is 44.9 Å². The molecule has 2 aliphatic carbocycles. The summed E-state index contributed by atoms with van der Waals surface area (Å²) in [6, 6.07) is 2.45. The van der Waals surface area contributed by atoms with E-state index in [2.05, 4.69) is 19.1 Å². The van der Waals surface area contributed by atoms with Crippen molar-refractivity contribution < 1.29 is 4.74 Å². The minimum Gasteiger partial charge on any atom is -0.501 e. The van der Waals surface area contributed by atoms with Crippen LogP contribution in [0.15, 0.2) is 12.3 Å². The summed E-state index contributed by atoms with van der Waals surface area (Å²) in [6.45, 7) is 3.10. The zero-order chi connectivity index (χ0) is 14.9. The molecule has 0 aliphatic heterocycles. The van der Waals surface area contributed by atoms with Crippen molar-refractivity contribution in [1.29, 1.82) is 5.26 Å². The fraction of sp³-hybridized carbons (Fsp3) is 0.842. The van der Waals surface area contributed by atoms with E-state index in [-0.39, 0.29) is 0 Å². The van der Waals surface area contributed by atoms with Crippen LogP contribution in [0.5, 0.6) is 0 Å². The van der Waals surface area contributed by atoms with Gasteiger partial charge in [-0.25, -0.2) is 0 Å². The zero-order valence-corrected chi connectivity index (χ0v) is 13.6. The number of nitriles is 1. The second kappa shape index (κ2) is 9.13. The van der Waals surface area contributed by atoms with Gasteiger partial charge in [0.15, 0.2) is 0 Å². The van der Waals surface area contributed by atoms with E-state index in [1.807, 2.05) is 6.26 Å². The number of rotatable bonds is 6. The highest BCUT2D eigenvalue weighted by Gasteiger charge is 2.30. The standard InChI is InChI=1S/C19H31NO/c1-2-3-4-13-21-15-17-7-11-19(12-8-17)18-9-5-16(14-20)6-10-18/h4,13,16-19H,2-3,5-12,15H2,1H3/b13-4-. The van der Waals surface area contributed by atoms with Gasteiger partial charge in [0.05, 0.1) is 18.9 Å². The Bertz CT molecular complexity index is 341. The number of hydrogen-bond acceptors (Lipinski definition) is 2. The molecule has 0 unspecified atom stereocenters. The molecule has 0 amide bonds. The summed E-state index contributed by atoms with van der Waals surface area (Å²) in [5, 5.41) is 8.99. The normalized spacial score (nSPS) is 33.7. The van der Waals surface area contributed by atoms with Gasteiger partial charge in [-0.15, -0.1) is 0 Å². The molecular formula is C19H31NO. The lowest BCUT2D eigenvalue weighted by molar-refractivity contribution is 0.113. The van der Waals surface area contributed by atoms with Crippen molar-refractivity contribution in [2.24, 2.45) is 23.7 Å². The molecular weight excluding hydrogens is 258 g/mol. The third kappa shape index (κ3) is 5.38. The second-order valence-corrected chi connectivity index (χ2v) is 7.02. The predicted molar refractivity (Wildman–Crippen MR) is 86.5 cm³/mol. The zero-order valence-electron chi connectivity index (χ0n) is 13.6. The third-order valence-electron chi connectivity index (χ3n) is 5.49. The molecule has 0 aromatic heterocycles. The molecule has 0 aromatic carbocycles. The van der Waals surface area contributed by atoms with E-state index < -0.39 is 0 Å². The molecule has 21 heavy (non-hydrogen) atoms. The van der Waals surface area contributed by atoms with Crippen molar-refractivity contribution in [2.45, 2.75) is 71.1 Å². The summed E-state index contributed by atoms with van der Waals surface area (Å²) in [7, 11) is 0. The summed E-state index contributed by atoms with van der Waals surface area (Å²) >= 11 is 0. The SMILES string of the molecule is CCC/C=C\OCC1CCC(C2CCC(C#N)CC2)CC1.